The quantitative estimate of drug-likeness (QED) is 0.800. The summed E-state index contributed by atoms with van der Waals surface area (Å²) in [6.07, 6.45) is 2.09. The molecule has 2 heterocycles. The molecule has 1 aromatic heterocycles. The van der Waals surface area contributed by atoms with Gasteiger partial charge in [0.15, 0.2) is 5.69 Å². The van der Waals surface area contributed by atoms with Gasteiger partial charge in [0.25, 0.3) is 0 Å². The molecule has 0 fully saturated rings. The SMILES string of the molecule is CCCOC(=O)c1cn2c(n1)CN(C(=O)OC(C)(C)C)CC2. The molecule has 0 N–H and O–H groups in total. The van der Waals surface area contributed by atoms with Crippen molar-refractivity contribution in [1.82, 2.24) is 14.5 Å². The van der Waals surface area contributed by atoms with Crippen LogP contribution >= 0.6 is 0 Å². The fraction of sp³-hybridized carbons (Fsp3) is 0.667. The van der Waals surface area contributed by atoms with E-state index < -0.39 is 11.6 Å². The Labute approximate surface area is 130 Å². The predicted molar refractivity (Wildman–Crippen MR) is 79.4 cm³/mol. The molecule has 0 atom stereocenters. The Morgan fingerprint density at radius 1 is 1.32 bits per heavy atom. The molecule has 0 aromatic carbocycles. The molecule has 7 heteroatoms. The lowest BCUT2D eigenvalue weighted by atomic mass is 10.2. The number of imidazole rings is 1. The minimum absolute atomic E-state index is 0.287. The number of hydrogen-bond donors (Lipinski definition) is 0. The standard InChI is InChI=1S/C15H23N3O4/c1-5-8-21-13(19)11-9-17-6-7-18(10-12(17)16-11)14(20)22-15(2,3)4/h9H,5-8,10H2,1-4H3. The Bertz CT molecular complexity index is 560. The number of fused-ring (bicyclic) bond motifs is 1. The van der Waals surface area contributed by atoms with Crippen LogP contribution < -0.4 is 0 Å². The smallest absolute Gasteiger partial charge is 0.410 e. The second kappa shape index (κ2) is 6.37. The Hall–Kier alpha value is -2.05. The maximum absolute atomic E-state index is 12.1. The summed E-state index contributed by atoms with van der Waals surface area (Å²) in [7, 11) is 0. The van der Waals surface area contributed by atoms with Crippen LogP contribution in [0.5, 0.6) is 0 Å². The highest BCUT2D eigenvalue weighted by atomic mass is 16.6. The number of carbonyl (C=O) groups excluding carboxylic acids is 2. The third-order valence-electron chi connectivity index (χ3n) is 3.10. The Morgan fingerprint density at radius 3 is 2.68 bits per heavy atom. The van der Waals surface area contributed by atoms with Crippen molar-refractivity contribution in [2.75, 3.05) is 13.2 Å². The van der Waals surface area contributed by atoms with Gasteiger partial charge in [-0.1, -0.05) is 6.92 Å². The van der Waals surface area contributed by atoms with E-state index >= 15 is 0 Å². The molecule has 22 heavy (non-hydrogen) atoms. The first-order valence-electron chi connectivity index (χ1n) is 7.51. The number of ether oxygens (including phenoxy) is 2. The number of amides is 1. The van der Waals surface area contributed by atoms with Gasteiger partial charge in [-0.15, -0.1) is 0 Å². The predicted octanol–water partition coefficient (Wildman–Crippen LogP) is 2.20. The molecule has 1 aliphatic heterocycles. The van der Waals surface area contributed by atoms with Crippen LogP contribution in [0.1, 0.15) is 50.4 Å². The van der Waals surface area contributed by atoms with Gasteiger partial charge in [0.05, 0.1) is 13.2 Å². The van der Waals surface area contributed by atoms with E-state index in [4.69, 9.17) is 9.47 Å². The van der Waals surface area contributed by atoms with Gasteiger partial charge in [0.1, 0.15) is 11.4 Å². The molecule has 0 aliphatic carbocycles. The average Bonchev–Trinajstić information content (AvgIpc) is 2.85. The van der Waals surface area contributed by atoms with Crippen molar-refractivity contribution in [2.24, 2.45) is 0 Å². The van der Waals surface area contributed by atoms with E-state index in [9.17, 15) is 9.59 Å². The second-order valence-corrected chi connectivity index (χ2v) is 6.27. The third-order valence-corrected chi connectivity index (χ3v) is 3.10. The van der Waals surface area contributed by atoms with E-state index in [0.29, 0.717) is 32.1 Å². The van der Waals surface area contributed by atoms with Crippen molar-refractivity contribution in [3.05, 3.63) is 17.7 Å². The van der Waals surface area contributed by atoms with Gasteiger partial charge in [-0.2, -0.15) is 0 Å². The molecule has 0 saturated heterocycles. The highest BCUT2D eigenvalue weighted by Crippen LogP contribution is 2.17. The topological polar surface area (TPSA) is 73.7 Å². The highest BCUT2D eigenvalue weighted by Gasteiger charge is 2.27. The van der Waals surface area contributed by atoms with Gasteiger partial charge in [0.2, 0.25) is 0 Å². The number of rotatable bonds is 3. The molecule has 0 spiro atoms. The van der Waals surface area contributed by atoms with E-state index in [-0.39, 0.29) is 11.8 Å². The fourth-order valence-corrected chi connectivity index (χ4v) is 2.10. The number of nitrogens with zero attached hydrogens (tertiary/aromatic N) is 3. The first kappa shape index (κ1) is 16.3. The van der Waals surface area contributed by atoms with Crippen LogP contribution in [-0.2, 0) is 22.6 Å². The normalized spacial score (nSPS) is 14.5. The summed E-state index contributed by atoms with van der Waals surface area (Å²) in [5.41, 5.74) is -0.242. The van der Waals surface area contributed by atoms with Crippen LogP contribution in [0.3, 0.4) is 0 Å². The number of hydrogen-bond acceptors (Lipinski definition) is 5. The van der Waals surface area contributed by atoms with Crippen molar-refractivity contribution < 1.29 is 19.1 Å². The molecule has 0 unspecified atom stereocenters. The van der Waals surface area contributed by atoms with Crippen molar-refractivity contribution in [3.63, 3.8) is 0 Å². The first-order chi connectivity index (χ1) is 10.3. The van der Waals surface area contributed by atoms with Crippen LogP contribution in [-0.4, -0.2) is 45.3 Å². The Balaban J connectivity index is 2.03. The third kappa shape index (κ3) is 3.99. The molecule has 122 valence electrons. The lowest BCUT2D eigenvalue weighted by Gasteiger charge is -2.30. The monoisotopic (exact) mass is 309 g/mol. The lowest BCUT2D eigenvalue weighted by molar-refractivity contribution is 0.0195. The maximum Gasteiger partial charge on any atom is 0.410 e. The van der Waals surface area contributed by atoms with Gasteiger partial charge >= 0.3 is 12.1 Å². The molecule has 1 aromatic rings. The molecule has 2 rings (SSSR count). The Kier molecular flexibility index (Phi) is 4.73. The van der Waals surface area contributed by atoms with E-state index in [1.54, 1.807) is 11.1 Å². The second-order valence-electron chi connectivity index (χ2n) is 6.27. The average molecular weight is 309 g/mol. The number of esters is 1. The van der Waals surface area contributed by atoms with E-state index in [1.165, 1.54) is 0 Å². The van der Waals surface area contributed by atoms with E-state index in [1.807, 2.05) is 32.3 Å². The van der Waals surface area contributed by atoms with E-state index in [0.717, 1.165) is 6.42 Å². The summed E-state index contributed by atoms with van der Waals surface area (Å²) >= 11 is 0. The molecular formula is C15H23N3O4. The lowest BCUT2D eigenvalue weighted by Crippen LogP contribution is -2.41. The first-order valence-corrected chi connectivity index (χ1v) is 7.51. The zero-order valence-corrected chi connectivity index (χ0v) is 13.6. The minimum atomic E-state index is -0.529. The Morgan fingerprint density at radius 2 is 2.05 bits per heavy atom. The summed E-state index contributed by atoms with van der Waals surface area (Å²) in [6.45, 7) is 9.25. The molecule has 0 bridgehead atoms. The fourth-order valence-electron chi connectivity index (χ4n) is 2.10. The summed E-state index contributed by atoms with van der Waals surface area (Å²) in [6, 6.07) is 0. The van der Waals surface area contributed by atoms with Crippen LogP contribution in [0.2, 0.25) is 0 Å². The van der Waals surface area contributed by atoms with E-state index in [2.05, 4.69) is 4.98 Å². The zero-order chi connectivity index (χ0) is 16.3. The summed E-state index contributed by atoms with van der Waals surface area (Å²) < 4.78 is 12.3. The van der Waals surface area contributed by atoms with Crippen molar-refractivity contribution in [1.29, 1.82) is 0 Å². The highest BCUT2D eigenvalue weighted by molar-refractivity contribution is 5.87. The van der Waals surface area contributed by atoms with Crippen molar-refractivity contribution >= 4 is 12.1 Å². The maximum atomic E-state index is 12.1. The van der Waals surface area contributed by atoms with Gasteiger partial charge in [-0.05, 0) is 27.2 Å². The molecule has 1 aliphatic rings. The van der Waals surface area contributed by atoms with Crippen LogP contribution in [0.25, 0.3) is 0 Å². The minimum Gasteiger partial charge on any atom is -0.461 e. The van der Waals surface area contributed by atoms with Crippen LogP contribution in [0.4, 0.5) is 4.79 Å². The van der Waals surface area contributed by atoms with Gasteiger partial charge in [-0.3, -0.25) is 4.90 Å². The molecule has 1 amide bonds. The summed E-state index contributed by atoms with van der Waals surface area (Å²) in [4.78, 5) is 29.8. The van der Waals surface area contributed by atoms with Crippen LogP contribution in [0, 0.1) is 0 Å². The molecular weight excluding hydrogens is 286 g/mol. The van der Waals surface area contributed by atoms with Crippen molar-refractivity contribution in [2.45, 2.75) is 52.8 Å². The van der Waals surface area contributed by atoms with Gasteiger partial charge in [-0.25, -0.2) is 14.6 Å². The number of carbonyl (C=O) groups is 2. The summed E-state index contributed by atoms with van der Waals surface area (Å²) in [5, 5.41) is 0. The summed E-state index contributed by atoms with van der Waals surface area (Å²) in [5.74, 6) is 0.244. The zero-order valence-electron chi connectivity index (χ0n) is 13.6. The van der Waals surface area contributed by atoms with Gasteiger partial charge < -0.3 is 14.0 Å². The molecule has 7 nitrogen and oxygen atoms in total. The van der Waals surface area contributed by atoms with Crippen molar-refractivity contribution in [3.8, 4) is 0 Å². The van der Waals surface area contributed by atoms with Crippen LogP contribution in [0.15, 0.2) is 6.20 Å². The number of aromatic nitrogens is 2. The molecule has 0 saturated carbocycles. The molecule has 0 radical (unpaired) electrons. The van der Waals surface area contributed by atoms with Gasteiger partial charge in [0, 0.05) is 19.3 Å². The largest absolute Gasteiger partial charge is 0.461 e.